The van der Waals surface area contributed by atoms with Crippen molar-refractivity contribution in [1.82, 2.24) is 4.90 Å². The van der Waals surface area contributed by atoms with E-state index in [-0.39, 0.29) is 18.6 Å². The van der Waals surface area contributed by atoms with Crippen LogP contribution in [0.1, 0.15) is 37.9 Å². The maximum atomic E-state index is 13.6. The number of fused-ring (bicyclic) bond motifs is 1. The van der Waals surface area contributed by atoms with Gasteiger partial charge in [0.15, 0.2) is 11.5 Å². The quantitative estimate of drug-likeness (QED) is 0.390. The number of hydrogen-bond donors (Lipinski definition) is 0. The van der Waals surface area contributed by atoms with E-state index in [2.05, 4.69) is 15.9 Å². The number of benzene rings is 3. The fourth-order valence-electron chi connectivity index (χ4n) is 4.22. The minimum atomic E-state index is -0.412. The van der Waals surface area contributed by atoms with Gasteiger partial charge < -0.3 is 23.8 Å². The van der Waals surface area contributed by atoms with E-state index in [1.165, 1.54) is 7.11 Å². The third-order valence-corrected chi connectivity index (χ3v) is 6.51. The van der Waals surface area contributed by atoms with E-state index < -0.39 is 5.97 Å². The summed E-state index contributed by atoms with van der Waals surface area (Å²) < 4.78 is 22.7. The smallest absolute Gasteiger partial charge is 0.337 e. The maximum Gasteiger partial charge on any atom is 0.337 e. The zero-order chi connectivity index (χ0) is 24.9. The first-order valence-corrected chi connectivity index (χ1v) is 11.9. The standard InChI is InChI=1S/C27H26BrNO6/c1-32-24-14-18-11-12-29(26(30)19-5-4-6-20(28)13-19)23(22(18)15-25(24)33-2)16-35-21-9-7-17(8-10-21)27(31)34-3/h4-10,13-15,23H,11-12,16H2,1-3H3/t23-/m1/s1. The number of carbonyl (C=O) groups is 2. The lowest BCUT2D eigenvalue weighted by molar-refractivity contribution is 0.0582. The summed E-state index contributed by atoms with van der Waals surface area (Å²) in [6.45, 7) is 0.753. The Labute approximate surface area is 212 Å². The van der Waals surface area contributed by atoms with Crippen LogP contribution in [0, 0.1) is 0 Å². The van der Waals surface area contributed by atoms with Gasteiger partial charge in [0, 0.05) is 16.6 Å². The van der Waals surface area contributed by atoms with Crippen LogP contribution >= 0.6 is 15.9 Å². The normalized spacial score (nSPS) is 14.6. The summed E-state index contributed by atoms with van der Waals surface area (Å²) in [4.78, 5) is 27.1. The molecule has 0 unspecified atom stereocenters. The van der Waals surface area contributed by atoms with Crippen LogP contribution in [-0.2, 0) is 11.2 Å². The molecule has 8 heteroatoms. The van der Waals surface area contributed by atoms with Crippen molar-refractivity contribution in [2.75, 3.05) is 34.5 Å². The number of methoxy groups -OCH3 is 3. The molecule has 7 nitrogen and oxygen atoms in total. The van der Waals surface area contributed by atoms with Gasteiger partial charge in [-0.3, -0.25) is 4.79 Å². The molecule has 182 valence electrons. The summed E-state index contributed by atoms with van der Waals surface area (Å²) in [7, 11) is 4.54. The van der Waals surface area contributed by atoms with Crippen LogP contribution in [0.4, 0.5) is 0 Å². The Morgan fingerprint density at radius 2 is 1.66 bits per heavy atom. The second-order valence-electron chi connectivity index (χ2n) is 8.01. The van der Waals surface area contributed by atoms with Crippen LogP contribution in [0.25, 0.3) is 0 Å². The largest absolute Gasteiger partial charge is 0.493 e. The Bertz CT molecular complexity index is 1230. The summed E-state index contributed by atoms with van der Waals surface area (Å²) in [6, 6.07) is 17.6. The highest BCUT2D eigenvalue weighted by Gasteiger charge is 2.33. The maximum absolute atomic E-state index is 13.6. The average molecular weight is 540 g/mol. The number of hydrogen-bond acceptors (Lipinski definition) is 6. The van der Waals surface area contributed by atoms with E-state index in [9.17, 15) is 9.59 Å². The SMILES string of the molecule is COC(=O)c1ccc(OC[C@@H]2c3cc(OC)c(OC)cc3CCN2C(=O)c2cccc(Br)c2)cc1. The molecule has 0 aromatic heterocycles. The van der Waals surface area contributed by atoms with Gasteiger partial charge in [0.25, 0.3) is 5.91 Å². The van der Waals surface area contributed by atoms with Crippen LogP contribution in [0.2, 0.25) is 0 Å². The molecule has 3 aromatic carbocycles. The molecule has 0 spiro atoms. The minimum Gasteiger partial charge on any atom is -0.493 e. The minimum absolute atomic E-state index is 0.0821. The number of amides is 1. The van der Waals surface area contributed by atoms with Crippen LogP contribution in [0.5, 0.6) is 17.2 Å². The number of esters is 1. The van der Waals surface area contributed by atoms with Gasteiger partial charge in [-0.1, -0.05) is 22.0 Å². The number of carbonyl (C=O) groups excluding carboxylic acids is 2. The van der Waals surface area contributed by atoms with Crippen molar-refractivity contribution in [1.29, 1.82) is 0 Å². The predicted octanol–water partition coefficient (Wildman–Crippen LogP) is 5.07. The molecule has 0 bridgehead atoms. The average Bonchev–Trinajstić information content (AvgIpc) is 2.90. The zero-order valence-electron chi connectivity index (χ0n) is 19.7. The number of nitrogens with zero attached hydrogens (tertiary/aromatic N) is 1. The molecule has 0 saturated carbocycles. The van der Waals surface area contributed by atoms with Crippen molar-refractivity contribution in [2.24, 2.45) is 0 Å². The second kappa shape index (κ2) is 10.8. The van der Waals surface area contributed by atoms with E-state index in [0.717, 1.165) is 15.6 Å². The summed E-state index contributed by atoms with van der Waals surface area (Å²) >= 11 is 3.45. The molecule has 1 aliphatic heterocycles. The Hall–Kier alpha value is -3.52. The van der Waals surface area contributed by atoms with Gasteiger partial charge in [-0.05, 0) is 72.1 Å². The van der Waals surface area contributed by atoms with Crippen molar-refractivity contribution in [2.45, 2.75) is 12.5 Å². The Morgan fingerprint density at radius 3 is 2.31 bits per heavy atom. The summed E-state index contributed by atoms with van der Waals surface area (Å²) in [5.74, 6) is 1.33. The molecule has 35 heavy (non-hydrogen) atoms. The molecule has 1 amide bonds. The topological polar surface area (TPSA) is 74.3 Å². The first-order chi connectivity index (χ1) is 16.9. The van der Waals surface area contributed by atoms with Gasteiger partial charge in [-0.15, -0.1) is 0 Å². The third kappa shape index (κ3) is 5.27. The van der Waals surface area contributed by atoms with Crippen molar-refractivity contribution in [3.63, 3.8) is 0 Å². The summed E-state index contributed by atoms with van der Waals surface area (Å²) in [5.41, 5.74) is 3.06. The lowest BCUT2D eigenvalue weighted by Crippen LogP contribution is -2.42. The van der Waals surface area contributed by atoms with Crippen molar-refractivity contribution in [3.8, 4) is 17.2 Å². The molecular formula is C27H26BrNO6. The number of halogens is 1. The van der Waals surface area contributed by atoms with Gasteiger partial charge in [-0.2, -0.15) is 0 Å². The molecule has 0 radical (unpaired) electrons. The van der Waals surface area contributed by atoms with Gasteiger partial charge in [0.05, 0.1) is 32.9 Å². The van der Waals surface area contributed by atoms with E-state index in [4.69, 9.17) is 18.9 Å². The first kappa shape index (κ1) is 24.6. The van der Waals surface area contributed by atoms with Crippen LogP contribution < -0.4 is 14.2 Å². The molecule has 1 atom stereocenters. The Morgan fingerprint density at radius 1 is 0.943 bits per heavy atom. The zero-order valence-corrected chi connectivity index (χ0v) is 21.3. The first-order valence-electron chi connectivity index (χ1n) is 11.1. The Kier molecular flexibility index (Phi) is 7.60. The second-order valence-corrected chi connectivity index (χ2v) is 8.92. The molecule has 4 rings (SSSR count). The van der Waals surface area contributed by atoms with E-state index in [1.807, 2.05) is 35.2 Å². The number of ether oxygens (including phenoxy) is 4. The Balaban J connectivity index is 1.66. The van der Waals surface area contributed by atoms with E-state index in [0.29, 0.717) is 41.3 Å². The van der Waals surface area contributed by atoms with Gasteiger partial charge >= 0.3 is 5.97 Å². The highest BCUT2D eigenvalue weighted by Crippen LogP contribution is 2.39. The van der Waals surface area contributed by atoms with Crippen LogP contribution in [0.3, 0.4) is 0 Å². The van der Waals surface area contributed by atoms with Gasteiger partial charge in [-0.25, -0.2) is 4.79 Å². The van der Waals surface area contributed by atoms with Crippen LogP contribution in [0.15, 0.2) is 65.1 Å². The number of rotatable bonds is 7. The summed E-state index contributed by atoms with van der Waals surface area (Å²) in [6.07, 6.45) is 0.680. The molecule has 1 heterocycles. The van der Waals surface area contributed by atoms with Crippen molar-refractivity contribution in [3.05, 3.63) is 87.4 Å². The highest BCUT2D eigenvalue weighted by molar-refractivity contribution is 9.10. The lowest BCUT2D eigenvalue weighted by atomic mass is 9.91. The molecule has 0 aliphatic carbocycles. The third-order valence-electron chi connectivity index (χ3n) is 6.02. The molecular weight excluding hydrogens is 514 g/mol. The fourth-order valence-corrected chi connectivity index (χ4v) is 4.62. The highest BCUT2D eigenvalue weighted by atomic mass is 79.9. The van der Waals surface area contributed by atoms with Crippen LogP contribution in [-0.4, -0.2) is 51.3 Å². The molecule has 0 N–H and O–H groups in total. The molecule has 0 fully saturated rings. The molecule has 3 aromatic rings. The molecule has 0 saturated heterocycles. The van der Waals surface area contributed by atoms with E-state index >= 15 is 0 Å². The molecule has 1 aliphatic rings. The fraction of sp³-hybridized carbons (Fsp3) is 0.259. The van der Waals surface area contributed by atoms with Crippen molar-refractivity contribution >= 4 is 27.8 Å². The van der Waals surface area contributed by atoms with E-state index in [1.54, 1.807) is 44.6 Å². The lowest BCUT2D eigenvalue weighted by Gasteiger charge is -2.37. The monoisotopic (exact) mass is 539 g/mol. The van der Waals surface area contributed by atoms with Gasteiger partial charge in [0.2, 0.25) is 0 Å². The predicted molar refractivity (Wildman–Crippen MR) is 134 cm³/mol. The summed E-state index contributed by atoms with van der Waals surface area (Å²) in [5, 5.41) is 0. The van der Waals surface area contributed by atoms with Gasteiger partial charge in [0.1, 0.15) is 12.4 Å². The van der Waals surface area contributed by atoms with Crippen molar-refractivity contribution < 1.29 is 28.5 Å².